The van der Waals surface area contributed by atoms with Gasteiger partial charge in [0, 0.05) is 19.2 Å². The molecule has 20 heavy (non-hydrogen) atoms. The molecule has 0 fully saturated rings. The van der Waals surface area contributed by atoms with Crippen molar-refractivity contribution < 1.29 is 4.79 Å². The molecular weight excluding hydrogens is 250 g/mol. The Hall–Kier alpha value is -2.23. The second-order valence-electron chi connectivity index (χ2n) is 5.22. The fourth-order valence-corrected chi connectivity index (χ4v) is 2.06. The molecule has 0 aliphatic carbocycles. The highest BCUT2D eigenvalue weighted by atomic mass is 16.2. The predicted octanol–water partition coefficient (Wildman–Crippen LogP) is 2.89. The molecule has 0 unspecified atom stereocenters. The largest absolute Gasteiger partial charge is 0.338 e. The van der Waals surface area contributed by atoms with Crippen molar-refractivity contribution >= 4 is 16.9 Å². The van der Waals surface area contributed by atoms with Gasteiger partial charge in [0.15, 0.2) is 0 Å². The van der Waals surface area contributed by atoms with E-state index >= 15 is 0 Å². The second kappa shape index (κ2) is 5.41. The lowest BCUT2D eigenvalue weighted by atomic mass is 10.1. The molecule has 0 atom stereocenters. The first-order valence-corrected chi connectivity index (χ1v) is 6.53. The fourth-order valence-electron chi connectivity index (χ4n) is 2.06. The highest BCUT2D eigenvalue weighted by Crippen LogP contribution is 2.15. The summed E-state index contributed by atoms with van der Waals surface area (Å²) < 4.78 is 0. The number of amides is 1. The first kappa shape index (κ1) is 14.2. The first-order valence-electron chi connectivity index (χ1n) is 6.53. The highest BCUT2D eigenvalue weighted by molar-refractivity contribution is 5.97. The van der Waals surface area contributed by atoms with Crippen molar-refractivity contribution in [3.8, 4) is 0 Å². The van der Waals surface area contributed by atoms with Crippen LogP contribution in [0.25, 0.3) is 11.0 Å². The summed E-state index contributed by atoms with van der Waals surface area (Å²) in [5.41, 5.74) is 4.94. The minimum atomic E-state index is -0.0325. The first-order chi connectivity index (χ1) is 9.38. The minimum absolute atomic E-state index is 0.0325. The van der Waals surface area contributed by atoms with Crippen molar-refractivity contribution in [2.75, 3.05) is 13.6 Å². The molecule has 2 aromatic rings. The van der Waals surface area contributed by atoms with Crippen molar-refractivity contribution in [2.24, 2.45) is 0 Å². The molecule has 1 aromatic heterocycles. The number of hydrogen-bond acceptors (Lipinski definition) is 3. The number of carbonyl (C=O) groups excluding carboxylic acids is 1. The molecule has 0 radical (unpaired) electrons. The Labute approximate surface area is 119 Å². The molecule has 1 aromatic carbocycles. The molecule has 4 heteroatoms. The lowest BCUT2D eigenvalue weighted by Gasteiger charge is -2.17. The average molecular weight is 269 g/mol. The number of benzene rings is 1. The van der Waals surface area contributed by atoms with Crippen LogP contribution in [0.15, 0.2) is 30.4 Å². The lowest BCUT2D eigenvalue weighted by molar-refractivity contribution is 0.0807. The Morgan fingerprint density at radius 2 is 1.80 bits per heavy atom. The number of aryl methyl sites for hydroxylation is 2. The molecule has 1 amide bonds. The van der Waals surface area contributed by atoms with Gasteiger partial charge in [-0.2, -0.15) is 0 Å². The molecule has 1 heterocycles. The molecule has 0 N–H and O–H groups in total. The molecular formula is C16H19N3O. The molecule has 0 bridgehead atoms. The zero-order chi connectivity index (χ0) is 14.9. The van der Waals surface area contributed by atoms with Gasteiger partial charge in [0.1, 0.15) is 0 Å². The maximum atomic E-state index is 12.3. The number of likely N-dealkylation sites (N-methyl/N-ethyl adjacent to an activating group) is 1. The van der Waals surface area contributed by atoms with E-state index in [-0.39, 0.29) is 5.91 Å². The molecule has 0 aliphatic heterocycles. The topological polar surface area (TPSA) is 46.1 Å². The van der Waals surface area contributed by atoms with Crippen LogP contribution < -0.4 is 0 Å². The summed E-state index contributed by atoms with van der Waals surface area (Å²) in [5, 5.41) is 0. The SMILES string of the molecule is C=C(C)CN(C)C(=O)c1ccc2nc(C)c(C)nc2c1. The van der Waals surface area contributed by atoms with Crippen molar-refractivity contribution in [2.45, 2.75) is 20.8 Å². The molecule has 2 rings (SSSR count). The fraction of sp³-hybridized carbons (Fsp3) is 0.312. The maximum absolute atomic E-state index is 12.3. The summed E-state index contributed by atoms with van der Waals surface area (Å²) in [6, 6.07) is 5.44. The minimum Gasteiger partial charge on any atom is -0.338 e. The monoisotopic (exact) mass is 269 g/mol. The van der Waals surface area contributed by atoms with Gasteiger partial charge in [-0.1, -0.05) is 12.2 Å². The van der Waals surface area contributed by atoms with E-state index in [2.05, 4.69) is 16.5 Å². The summed E-state index contributed by atoms with van der Waals surface area (Å²) >= 11 is 0. The van der Waals surface area contributed by atoms with Crippen molar-refractivity contribution in [3.05, 3.63) is 47.3 Å². The molecule has 104 valence electrons. The van der Waals surface area contributed by atoms with Crippen molar-refractivity contribution in [1.82, 2.24) is 14.9 Å². The van der Waals surface area contributed by atoms with Crippen LogP contribution >= 0.6 is 0 Å². The zero-order valence-electron chi connectivity index (χ0n) is 12.4. The predicted molar refractivity (Wildman–Crippen MR) is 80.8 cm³/mol. The van der Waals surface area contributed by atoms with Crippen molar-refractivity contribution in [3.63, 3.8) is 0 Å². The van der Waals surface area contributed by atoms with E-state index in [0.29, 0.717) is 12.1 Å². The Balaban J connectivity index is 2.38. The van der Waals surface area contributed by atoms with Crippen LogP contribution in [-0.4, -0.2) is 34.4 Å². The van der Waals surface area contributed by atoms with Crippen molar-refractivity contribution in [1.29, 1.82) is 0 Å². The van der Waals surface area contributed by atoms with E-state index in [1.54, 1.807) is 24.1 Å². The van der Waals surface area contributed by atoms with Crippen LogP contribution in [0.5, 0.6) is 0 Å². The summed E-state index contributed by atoms with van der Waals surface area (Å²) in [4.78, 5) is 22.9. The van der Waals surface area contributed by atoms with Crippen LogP contribution in [0, 0.1) is 13.8 Å². The van der Waals surface area contributed by atoms with Crippen LogP contribution in [0.1, 0.15) is 28.7 Å². The maximum Gasteiger partial charge on any atom is 0.253 e. The molecule has 0 saturated heterocycles. The Morgan fingerprint density at radius 3 is 2.40 bits per heavy atom. The van der Waals surface area contributed by atoms with Gasteiger partial charge in [-0.05, 0) is 39.0 Å². The quantitative estimate of drug-likeness (QED) is 0.805. The zero-order valence-corrected chi connectivity index (χ0v) is 12.4. The molecule has 0 spiro atoms. The standard InChI is InChI=1S/C16H19N3O/c1-10(2)9-19(5)16(20)13-6-7-14-15(8-13)18-12(4)11(3)17-14/h6-8H,1,9H2,2-5H3. The number of nitrogens with zero attached hydrogens (tertiary/aromatic N) is 3. The van der Waals surface area contributed by atoms with Gasteiger partial charge in [0.25, 0.3) is 5.91 Å². The number of carbonyl (C=O) groups is 1. The van der Waals surface area contributed by atoms with E-state index in [9.17, 15) is 4.79 Å². The van der Waals surface area contributed by atoms with Gasteiger partial charge < -0.3 is 4.90 Å². The van der Waals surface area contributed by atoms with Gasteiger partial charge in [-0.25, -0.2) is 9.97 Å². The van der Waals surface area contributed by atoms with Gasteiger partial charge >= 0.3 is 0 Å². The third-order valence-corrected chi connectivity index (χ3v) is 3.18. The van der Waals surface area contributed by atoms with Gasteiger partial charge in [-0.3, -0.25) is 4.79 Å². The Morgan fingerprint density at radius 1 is 1.20 bits per heavy atom. The normalized spacial score (nSPS) is 10.6. The Kier molecular flexibility index (Phi) is 3.84. The number of rotatable bonds is 3. The summed E-state index contributed by atoms with van der Waals surface area (Å²) in [6.45, 7) is 10.1. The van der Waals surface area contributed by atoms with E-state index < -0.39 is 0 Å². The van der Waals surface area contributed by atoms with Crippen LogP contribution in [0.3, 0.4) is 0 Å². The summed E-state index contributed by atoms with van der Waals surface area (Å²) in [6.07, 6.45) is 0. The third kappa shape index (κ3) is 2.85. The van der Waals surface area contributed by atoms with E-state index in [1.165, 1.54) is 0 Å². The second-order valence-corrected chi connectivity index (χ2v) is 5.22. The molecule has 0 saturated carbocycles. The summed E-state index contributed by atoms with van der Waals surface area (Å²) in [7, 11) is 1.77. The number of aromatic nitrogens is 2. The van der Waals surface area contributed by atoms with E-state index in [0.717, 1.165) is 28.0 Å². The Bertz CT molecular complexity index is 691. The van der Waals surface area contributed by atoms with Gasteiger partial charge in [0.05, 0.1) is 22.4 Å². The van der Waals surface area contributed by atoms with Crippen LogP contribution in [0.2, 0.25) is 0 Å². The average Bonchev–Trinajstić information content (AvgIpc) is 2.38. The molecule has 4 nitrogen and oxygen atoms in total. The van der Waals surface area contributed by atoms with Gasteiger partial charge in [0.2, 0.25) is 0 Å². The van der Waals surface area contributed by atoms with Gasteiger partial charge in [-0.15, -0.1) is 0 Å². The number of hydrogen-bond donors (Lipinski definition) is 0. The number of fused-ring (bicyclic) bond motifs is 1. The smallest absolute Gasteiger partial charge is 0.253 e. The highest BCUT2D eigenvalue weighted by Gasteiger charge is 2.13. The van der Waals surface area contributed by atoms with E-state index in [4.69, 9.17) is 0 Å². The van der Waals surface area contributed by atoms with Crippen LogP contribution in [-0.2, 0) is 0 Å². The lowest BCUT2D eigenvalue weighted by Crippen LogP contribution is -2.28. The molecule has 0 aliphatic rings. The van der Waals surface area contributed by atoms with Crippen LogP contribution in [0.4, 0.5) is 0 Å². The third-order valence-electron chi connectivity index (χ3n) is 3.18. The summed E-state index contributed by atoms with van der Waals surface area (Å²) in [5.74, 6) is -0.0325. The van der Waals surface area contributed by atoms with E-state index in [1.807, 2.05) is 26.8 Å².